The standard InChI is InChI=1S/C23H30N6O7.ClH/c1-13-10-21(34)36-17-11-14(7-8-15(13)17)28-22(35)16(4-3-9-26-23(24)25)29-19(31)12-27-18(30)5-2-6-20(32)33;/h7-8,10-11,16H,2-6,9,12H2,1H3,(H,27,30)(H,28,35)(H,29,31)(H,32,33)(H4,24,25,26);1H/t16-;/m0./s1. The molecule has 37 heavy (non-hydrogen) atoms. The zero-order valence-electron chi connectivity index (χ0n) is 20.2. The van der Waals surface area contributed by atoms with Crippen LogP contribution in [0.5, 0.6) is 0 Å². The minimum atomic E-state index is -1.01. The Bertz CT molecular complexity index is 1210. The molecule has 2 aromatic rings. The van der Waals surface area contributed by atoms with E-state index in [1.807, 2.05) is 0 Å². The molecule has 0 radical (unpaired) electrons. The van der Waals surface area contributed by atoms with Crippen LogP contribution in [0.1, 0.15) is 37.7 Å². The van der Waals surface area contributed by atoms with Crippen LogP contribution in [0.15, 0.2) is 38.5 Å². The average molecular weight is 539 g/mol. The van der Waals surface area contributed by atoms with Gasteiger partial charge in [0.15, 0.2) is 5.96 Å². The van der Waals surface area contributed by atoms with E-state index in [9.17, 15) is 24.0 Å². The predicted molar refractivity (Wildman–Crippen MR) is 139 cm³/mol. The molecule has 1 atom stereocenters. The number of guanidine groups is 1. The Kier molecular flexibility index (Phi) is 12.6. The zero-order valence-corrected chi connectivity index (χ0v) is 21.1. The number of aryl methyl sites for hydroxylation is 1. The van der Waals surface area contributed by atoms with Gasteiger partial charge in [0.2, 0.25) is 17.7 Å². The third-order valence-corrected chi connectivity index (χ3v) is 5.06. The molecule has 13 nitrogen and oxygen atoms in total. The molecule has 0 unspecified atom stereocenters. The first-order chi connectivity index (χ1) is 17.0. The van der Waals surface area contributed by atoms with Crippen molar-refractivity contribution in [3.05, 3.63) is 40.2 Å². The highest BCUT2D eigenvalue weighted by atomic mass is 35.5. The number of aliphatic imine (C=N–C) groups is 1. The second-order valence-corrected chi connectivity index (χ2v) is 8.04. The minimum absolute atomic E-state index is 0. The topological polar surface area (TPSA) is 219 Å². The molecule has 14 heteroatoms. The summed E-state index contributed by atoms with van der Waals surface area (Å²) in [6.07, 6.45) is 0.519. The highest BCUT2D eigenvalue weighted by Gasteiger charge is 2.21. The molecule has 0 fully saturated rings. The maximum Gasteiger partial charge on any atom is 0.336 e. The van der Waals surface area contributed by atoms with Gasteiger partial charge in [-0.25, -0.2) is 4.79 Å². The van der Waals surface area contributed by atoms with Gasteiger partial charge >= 0.3 is 11.6 Å². The molecule has 1 aromatic heterocycles. The van der Waals surface area contributed by atoms with Gasteiger partial charge in [0.25, 0.3) is 0 Å². The molecular formula is C23H31ClN6O7. The Balaban J connectivity index is 0.00000684. The molecular weight excluding hydrogens is 508 g/mol. The van der Waals surface area contributed by atoms with Gasteiger partial charge < -0.3 is 36.9 Å². The Morgan fingerprint density at radius 1 is 1.08 bits per heavy atom. The second kappa shape index (κ2) is 15.1. The van der Waals surface area contributed by atoms with Gasteiger partial charge in [-0.3, -0.25) is 24.2 Å². The molecule has 0 spiro atoms. The van der Waals surface area contributed by atoms with Crippen molar-refractivity contribution in [2.24, 2.45) is 16.5 Å². The lowest BCUT2D eigenvalue weighted by Crippen LogP contribution is -2.47. The fourth-order valence-corrected chi connectivity index (χ4v) is 3.32. The number of fused-ring (bicyclic) bond motifs is 1. The summed E-state index contributed by atoms with van der Waals surface area (Å²) in [5, 5.41) is 17.0. The smallest absolute Gasteiger partial charge is 0.336 e. The maximum absolute atomic E-state index is 12.9. The van der Waals surface area contributed by atoms with Crippen LogP contribution in [-0.4, -0.2) is 53.9 Å². The van der Waals surface area contributed by atoms with E-state index in [1.165, 1.54) is 12.1 Å². The number of nitrogens with two attached hydrogens (primary N) is 2. The molecule has 1 heterocycles. The first-order valence-corrected chi connectivity index (χ1v) is 11.2. The number of carbonyl (C=O) groups is 4. The number of nitrogens with one attached hydrogen (secondary N) is 3. The van der Waals surface area contributed by atoms with Crippen LogP contribution >= 0.6 is 12.4 Å². The van der Waals surface area contributed by atoms with E-state index in [2.05, 4.69) is 20.9 Å². The number of aliphatic carboxylic acids is 1. The number of carbonyl (C=O) groups excluding carboxylic acids is 3. The normalized spacial score (nSPS) is 11.1. The number of hydrogen-bond donors (Lipinski definition) is 6. The molecule has 2 rings (SSSR count). The van der Waals surface area contributed by atoms with Gasteiger partial charge in [-0.05, 0) is 43.9 Å². The molecule has 0 bridgehead atoms. The highest BCUT2D eigenvalue weighted by molar-refractivity contribution is 5.99. The van der Waals surface area contributed by atoms with Crippen molar-refractivity contribution >= 4 is 58.7 Å². The average Bonchev–Trinajstić information content (AvgIpc) is 2.78. The van der Waals surface area contributed by atoms with E-state index in [-0.39, 0.29) is 57.1 Å². The van der Waals surface area contributed by atoms with Gasteiger partial charge in [-0.1, -0.05) is 0 Å². The number of benzene rings is 1. The first kappa shape index (κ1) is 30.9. The zero-order chi connectivity index (χ0) is 26.7. The van der Waals surface area contributed by atoms with E-state index < -0.39 is 35.4 Å². The number of anilines is 1. The van der Waals surface area contributed by atoms with E-state index in [0.29, 0.717) is 23.1 Å². The number of rotatable bonds is 13. The summed E-state index contributed by atoms with van der Waals surface area (Å²) in [4.78, 5) is 63.2. The number of nitrogens with zero attached hydrogens (tertiary/aromatic N) is 1. The minimum Gasteiger partial charge on any atom is -0.481 e. The van der Waals surface area contributed by atoms with Crippen molar-refractivity contribution in [1.82, 2.24) is 10.6 Å². The summed E-state index contributed by atoms with van der Waals surface area (Å²) in [5.74, 6) is -2.73. The number of hydrogen-bond acceptors (Lipinski definition) is 7. The number of carboxylic acid groups (broad SMARTS) is 1. The van der Waals surface area contributed by atoms with Gasteiger partial charge in [0.05, 0.1) is 6.54 Å². The lowest BCUT2D eigenvalue weighted by molar-refractivity contribution is -0.137. The Morgan fingerprint density at radius 2 is 1.81 bits per heavy atom. The Hall–Kier alpha value is -4.13. The number of amides is 3. The third-order valence-electron chi connectivity index (χ3n) is 5.06. The predicted octanol–water partition coefficient (Wildman–Crippen LogP) is 0.371. The summed E-state index contributed by atoms with van der Waals surface area (Å²) in [6.45, 7) is 1.62. The first-order valence-electron chi connectivity index (χ1n) is 11.2. The molecule has 0 aliphatic heterocycles. The highest BCUT2D eigenvalue weighted by Crippen LogP contribution is 2.21. The van der Waals surface area contributed by atoms with Crippen LogP contribution in [0.4, 0.5) is 5.69 Å². The van der Waals surface area contributed by atoms with Crippen LogP contribution in [0.2, 0.25) is 0 Å². The molecule has 8 N–H and O–H groups in total. The van der Waals surface area contributed by atoms with E-state index in [1.54, 1.807) is 19.1 Å². The lowest BCUT2D eigenvalue weighted by atomic mass is 10.1. The van der Waals surface area contributed by atoms with Crippen LogP contribution in [-0.2, 0) is 19.2 Å². The monoisotopic (exact) mass is 538 g/mol. The SMILES string of the molecule is Cc1cc(=O)oc2cc(NC(=O)[C@H](CCCN=C(N)N)NC(=O)CNC(=O)CCCC(=O)O)ccc12.Cl. The summed E-state index contributed by atoms with van der Waals surface area (Å²) >= 11 is 0. The van der Waals surface area contributed by atoms with Gasteiger partial charge in [0.1, 0.15) is 11.6 Å². The summed E-state index contributed by atoms with van der Waals surface area (Å²) in [5.41, 5.74) is 11.5. The fourth-order valence-electron chi connectivity index (χ4n) is 3.32. The molecule has 0 aliphatic carbocycles. The number of carboxylic acids is 1. The summed E-state index contributed by atoms with van der Waals surface area (Å²) in [7, 11) is 0. The van der Waals surface area contributed by atoms with Crippen LogP contribution in [0, 0.1) is 6.92 Å². The van der Waals surface area contributed by atoms with Crippen molar-refractivity contribution in [3.8, 4) is 0 Å². The van der Waals surface area contributed by atoms with Crippen molar-refractivity contribution < 1.29 is 28.7 Å². The van der Waals surface area contributed by atoms with Gasteiger partial charge in [0, 0.05) is 42.6 Å². The fraction of sp³-hybridized carbons (Fsp3) is 0.391. The quantitative estimate of drug-likeness (QED) is 0.0895. The van der Waals surface area contributed by atoms with Crippen LogP contribution in [0.25, 0.3) is 11.0 Å². The molecule has 202 valence electrons. The third kappa shape index (κ3) is 11.0. The van der Waals surface area contributed by atoms with E-state index in [4.69, 9.17) is 21.0 Å². The Morgan fingerprint density at radius 3 is 2.49 bits per heavy atom. The van der Waals surface area contributed by atoms with Crippen LogP contribution < -0.4 is 33.0 Å². The van der Waals surface area contributed by atoms with Crippen molar-refractivity contribution in [2.75, 3.05) is 18.4 Å². The second-order valence-electron chi connectivity index (χ2n) is 8.04. The molecule has 3 amide bonds. The molecule has 0 saturated heterocycles. The summed E-state index contributed by atoms with van der Waals surface area (Å²) < 4.78 is 5.20. The van der Waals surface area contributed by atoms with Crippen LogP contribution in [0.3, 0.4) is 0 Å². The van der Waals surface area contributed by atoms with Crippen molar-refractivity contribution in [1.29, 1.82) is 0 Å². The summed E-state index contributed by atoms with van der Waals surface area (Å²) in [6, 6.07) is 5.25. The molecule has 0 aliphatic rings. The maximum atomic E-state index is 12.9. The van der Waals surface area contributed by atoms with E-state index in [0.717, 1.165) is 5.56 Å². The lowest BCUT2D eigenvalue weighted by Gasteiger charge is -2.19. The van der Waals surface area contributed by atoms with Crippen molar-refractivity contribution in [3.63, 3.8) is 0 Å². The van der Waals surface area contributed by atoms with Gasteiger partial charge in [-0.15, -0.1) is 12.4 Å². The van der Waals surface area contributed by atoms with Gasteiger partial charge in [-0.2, -0.15) is 0 Å². The molecule has 1 aromatic carbocycles. The Labute approximate surface area is 218 Å². The van der Waals surface area contributed by atoms with Crippen molar-refractivity contribution in [2.45, 2.75) is 45.1 Å². The molecule has 0 saturated carbocycles. The number of halogens is 1. The van der Waals surface area contributed by atoms with E-state index >= 15 is 0 Å². The largest absolute Gasteiger partial charge is 0.481 e.